The summed E-state index contributed by atoms with van der Waals surface area (Å²) in [5, 5.41) is 0. The van der Waals surface area contributed by atoms with Crippen LogP contribution >= 0.6 is 15.9 Å². The summed E-state index contributed by atoms with van der Waals surface area (Å²) >= 11 is 3.57. The quantitative estimate of drug-likeness (QED) is 0.860. The summed E-state index contributed by atoms with van der Waals surface area (Å²) < 4.78 is 1.13. The first-order valence-corrected chi connectivity index (χ1v) is 7.46. The molecule has 0 spiro atoms. The van der Waals surface area contributed by atoms with E-state index < -0.39 is 0 Å². The minimum atomic E-state index is 0.0416. The zero-order valence-corrected chi connectivity index (χ0v) is 13.0. The minimum Gasteiger partial charge on any atom is -0.324 e. The lowest BCUT2D eigenvalue weighted by molar-refractivity contribution is 0.718. The molecule has 0 aromatic heterocycles. The number of halogens is 1. The Morgan fingerprint density at radius 1 is 0.947 bits per heavy atom. The molecule has 0 saturated heterocycles. The molecule has 0 aliphatic heterocycles. The van der Waals surface area contributed by atoms with E-state index in [4.69, 9.17) is 5.73 Å². The van der Waals surface area contributed by atoms with E-state index in [0.29, 0.717) is 5.92 Å². The number of benzene rings is 2. The highest BCUT2D eigenvalue weighted by Gasteiger charge is 2.09. The monoisotopic (exact) mass is 317 g/mol. The Balaban J connectivity index is 2.12. The maximum atomic E-state index is 6.30. The molecule has 0 amide bonds. The molecular formula is C17H20BrN. The molecule has 0 aliphatic rings. The molecule has 2 heteroatoms. The highest BCUT2D eigenvalue weighted by atomic mass is 79.9. The second kappa shape index (κ2) is 6.36. The van der Waals surface area contributed by atoms with Crippen molar-refractivity contribution in [2.24, 2.45) is 5.73 Å². The lowest BCUT2D eigenvalue weighted by atomic mass is 9.96. The van der Waals surface area contributed by atoms with E-state index in [1.165, 1.54) is 16.7 Å². The molecule has 0 radical (unpaired) electrons. The van der Waals surface area contributed by atoms with Gasteiger partial charge in [0.2, 0.25) is 0 Å². The van der Waals surface area contributed by atoms with Crippen LogP contribution < -0.4 is 5.73 Å². The highest BCUT2D eigenvalue weighted by molar-refractivity contribution is 9.10. The van der Waals surface area contributed by atoms with Gasteiger partial charge in [-0.15, -0.1) is 0 Å². The van der Waals surface area contributed by atoms with Gasteiger partial charge in [0.25, 0.3) is 0 Å². The summed E-state index contributed by atoms with van der Waals surface area (Å²) in [6.07, 6.45) is 0.850. The highest BCUT2D eigenvalue weighted by Crippen LogP contribution is 2.23. The number of hydrogen-bond acceptors (Lipinski definition) is 1. The summed E-state index contributed by atoms with van der Waals surface area (Å²) in [4.78, 5) is 0. The van der Waals surface area contributed by atoms with Crippen LogP contribution in [0, 0.1) is 0 Å². The maximum absolute atomic E-state index is 6.30. The van der Waals surface area contributed by atoms with Crippen molar-refractivity contribution in [2.75, 3.05) is 0 Å². The third-order valence-electron chi connectivity index (χ3n) is 3.43. The van der Waals surface area contributed by atoms with Crippen LogP contribution in [0.25, 0.3) is 0 Å². The van der Waals surface area contributed by atoms with E-state index in [2.05, 4.69) is 72.2 Å². The van der Waals surface area contributed by atoms with Crippen molar-refractivity contribution in [1.82, 2.24) is 0 Å². The summed E-state index contributed by atoms with van der Waals surface area (Å²) in [6, 6.07) is 17.0. The summed E-state index contributed by atoms with van der Waals surface area (Å²) in [5.74, 6) is 0.563. The lowest BCUT2D eigenvalue weighted by Gasteiger charge is -2.14. The van der Waals surface area contributed by atoms with E-state index in [-0.39, 0.29) is 6.04 Å². The molecule has 0 heterocycles. The van der Waals surface area contributed by atoms with Gasteiger partial charge in [-0.2, -0.15) is 0 Å². The van der Waals surface area contributed by atoms with Crippen LogP contribution in [0.5, 0.6) is 0 Å². The third kappa shape index (κ3) is 3.68. The van der Waals surface area contributed by atoms with Gasteiger partial charge in [-0.25, -0.2) is 0 Å². The molecular weight excluding hydrogens is 298 g/mol. The van der Waals surface area contributed by atoms with Gasteiger partial charge < -0.3 is 5.73 Å². The molecule has 1 unspecified atom stereocenters. The molecule has 0 fully saturated rings. The predicted octanol–water partition coefficient (Wildman–Crippen LogP) is 4.82. The second-order valence-corrected chi connectivity index (χ2v) is 6.08. The average molecular weight is 318 g/mol. The third-order valence-corrected chi connectivity index (χ3v) is 4.20. The first kappa shape index (κ1) is 14.3. The zero-order valence-electron chi connectivity index (χ0n) is 11.4. The van der Waals surface area contributed by atoms with Crippen molar-refractivity contribution in [1.29, 1.82) is 0 Å². The van der Waals surface area contributed by atoms with Crippen LogP contribution in [0.3, 0.4) is 0 Å². The van der Waals surface area contributed by atoms with E-state index in [0.717, 1.165) is 10.9 Å². The van der Waals surface area contributed by atoms with Gasteiger partial charge in [0, 0.05) is 10.5 Å². The van der Waals surface area contributed by atoms with Crippen LogP contribution in [0.1, 0.15) is 42.5 Å². The molecule has 1 nitrogen and oxygen atoms in total. The Morgan fingerprint density at radius 2 is 1.53 bits per heavy atom. The van der Waals surface area contributed by atoms with Crippen LogP contribution in [-0.4, -0.2) is 0 Å². The Labute approximate surface area is 124 Å². The van der Waals surface area contributed by atoms with Gasteiger partial charge in [-0.3, -0.25) is 0 Å². The Hall–Kier alpha value is -1.12. The van der Waals surface area contributed by atoms with Crippen LogP contribution in [0.4, 0.5) is 0 Å². The molecule has 0 aliphatic carbocycles. The minimum absolute atomic E-state index is 0.0416. The number of rotatable bonds is 4. The second-order valence-electron chi connectivity index (χ2n) is 5.22. The van der Waals surface area contributed by atoms with Crippen molar-refractivity contribution in [2.45, 2.75) is 32.2 Å². The van der Waals surface area contributed by atoms with Crippen molar-refractivity contribution < 1.29 is 0 Å². The van der Waals surface area contributed by atoms with Gasteiger partial charge in [-0.1, -0.05) is 72.2 Å². The van der Waals surface area contributed by atoms with Crippen molar-refractivity contribution in [3.63, 3.8) is 0 Å². The smallest absolute Gasteiger partial charge is 0.0336 e. The SMILES string of the molecule is CC(C)c1ccc(C(N)Cc2ccccc2Br)cc1. The van der Waals surface area contributed by atoms with Gasteiger partial charge in [0.15, 0.2) is 0 Å². The lowest BCUT2D eigenvalue weighted by Crippen LogP contribution is -2.13. The van der Waals surface area contributed by atoms with Gasteiger partial charge in [0.1, 0.15) is 0 Å². The Kier molecular flexibility index (Phi) is 4.78. The fourth-order valence-corrected chi connectivity index (χ4v) is 2.59. The largest absolute Gasteiger partial charge is 0.324 e. The molecule has 2 aromatic rings. The zero-order chi connectivity index (χ0) is 13.8. The van der Waals surface area contributed by atoms with Crippen molar-refractivity contribution in [3.8, 4) is 0 Å². The molecule has 1 atom stereocenters. The first-order valence-electron chi connectivity index (χ1n) is 6.66. The molecule has 2 aromatic carbocycles. The van der Waals surface area contributed by atoms with Crippen molar-refractivity contribution in [3.05, 3.63) is 69.7 Å². The fourth-order valence-electron chi connectivity index (χ4n) is 2.15. The van der Waals surface area contributed by atoms with Crippen molar-refractivity contribution >= 4 is 15.9 Å². The van der Waals surface area contributed by atoms with E-state index >= 15 is 0 Å². The molecule has 2 rings (SSSR count). The van der Waals surface area contributed by atoms with E-state index in [1.807, 2.05) is 6.07 Å². The molecule has 0 bridgehead atoms. The van der Waals surface area contributed by atoms with E-state index in [9.17, 15) is 0 Å². The van der Waals surface area contributed by atoms with Crippen LogP contribution in [-0.2, 0) is 6.42 Å². The predicted molar refractivity (Wildman–Crippen MR) is 85.3 cm³/mol. The molecule has 0 saturated carbocycles. The maximum Gasteiger partial charge on any atom is 0.0336 e. The van der Waals surface area contributed by atoms with Crippen LogP contribution in [0.15, 0.2) is 53.0 Å². The molecule has 19 heavy (non-hydrogen) atoms. The normalized spacial score (nSPS) is 12.7. The summed E-state index contributed by atoms with van der Waals surface area (Å²) in [7, 11) is 0. The summed E-state index contributed by atoms with van der Waals surface area (Å²) in [5.41, 5.74) is 10.1. The van der Waals surface area contributed by atoms with Gasteiger partial charge in [-0.05, 0) is 35.1 Å². The number of nitrogens with two attached hydrogens (primary N) is 1. The molecule has 2 N–H and O–H groups in total. The standard InChI is InChI=1S/C17H20BrN/c1-12(2)13-7-9-14(10-8-13)17(19)11-15-5-3-4-6-16(15)18/h3-10,12,17H,11,19H2,1-2H3. The van der Waals surface area contributed by atoms with Crippen LogP contribution in [0.2, 0.25) is 0 Å². The average Bonchev–Trinajstić information content (AvgIpc) is 2.41. The first-order chi connectivity index (χ1) is 9.08. The van der Waals surface area contributed by atoms with E-state index in [1.54, 1.807) is 0 Å². The van der Waals surface area contributed by atoms with Gasteiger partial charge in [0.05, 0.1) is 0 Å². The Morgan fingerprint density at radius 3 is 2.11 bits per heavy atom. The molecule has 100 valence electrons. The Bertz CT molecular complexity index is 531. The summed E-state index contributed by atoms with van der Waals surface area (Å²) in [6.45, 7) is 4.41. The number of hydrogen-bond donors (Lipinski definition) is 1. The topological polar surface area (TPSA) is 26.0 Å². The fraction of sp³-hybridized carbons (Fsp3) is 0.294. The van der Waals surface area contributed by atoms with Gasteiger partial charge >= 0.3 is 0 Å².